The highest BCUT2D eigenvalue weighted by atomic mass is 32.2. The molecule has 0 atom stereocenters. The maximum atomic E-state index is 11.7. The van der Waals surface area contributed by atoms with Crippen molar-refractivity contribution in [3.05, 3.63) is 24.2 Å². The van der Waals surface area contributed by atoms with Crippen molar-refractivity contribution < 1.29 is 8.42 Å². The van der Waals surface area contributed by atoms with Gasteiger partial charge in [-0.1, -0.05) is 6.92 Å². The van der Waals surface area contributed by atoms with Crippen LogP contribution >= 0.6 is 0 Å². The van der Waals surface area contributed by atoms with Gasteiger partial charge in [0, 0.05) is 18.0 Å². The number of aromatic nitrogens is 4. The molecule has 0 fully saturated rings. The SMILES string of the molecule is CCc1cc(NS(=O)(=O)c2cn[nH]c2)n[nH]1. The highest BCUT2D eigenvalue weighted by Crippen LogP contribution is 2.13. The molecule has 0 aliphatic carbocycles. The Kier molecular flexibility index (Phi) is 2.65. The Morgan fingerprint density at radius 1 is 1.50 bits per heavy atom. The number of H-pyrrole nitrogens is 2. The third-order valence-corrected chi connectivity index (χ3v) is 3.36. The molecule has 2 aromatic heterocycles. The molecule has 0 saturated heterocycles. The number of anilines is 1. The summed E-state index contributed by atoms with van der Waals surface area (Å²) in [6, 6.07) is 1.65. The van der Waals surface area contributed by atoms with Gasteiger partial charge in [0.15, 0.2) is 5.82 Å². The monoisotopic (exact) mass is 241 g/mol. The molecular weight excluding hydrogens is 230 g/mol. The Balaban J connectivity index is 2.21. The van der Waals surface area contributed by atoms with E-state index in [4.69, 9.17) is 0 Å². The number of aromatic amines is 2. The number of hydrogen-bond donors (Lipinski definition) is 3. The van der Waals surface area contributed by atoms with E-state index in [1.54, 1.807) is 6.07 Å². The average molecular weight is 241 g/mol. The Morgan fingerprint density at radius 2 is 2.31 bits per heavy atom. The molecule has 0 aliphatic rings. The first-order valence-electron chi connectivity index (χ1n) is 4.67. The highest BCUT2D eigenvalue weighted by Gasteiger charge is 2.16. The first-order valence-corrected chi connectivity index (χ1v) is 6.16. The van der Waals surface area contributed by atoms with Crippen LogP contribution in [0.4, 0.5) is 5.82 Å². The molecule has 0 saturated carbocycles. The summed E-state index contributed by atoms with van der Waals surface area (Å²) >= 11 is 0. The van der Waals surface area contributed by atoms with Crippen LogP contribution in [0.5, 0.6) is 0 Å². The van der Waals surface area contributed by atoms with E-state index in [1.807, 2.05) is 6.92 Å². The lowest BCUT2D eigenvalue weighted by molar-refractivity contribution is 0.601. The fourth-order valence-electron chi connectivity index (χ4n) is 1.18. The molecule has 0 radical (unpaired) electrons. The fourth-order valence-corrected chi connectivity index (χ4v) is 2.07. The van der Waals surface area contributed by atoms with E-state index in [1.165, 1.54) is 12.4 Å². The lowest BCUT2D eigenvalue weighted by Crippen LogP contribution is -2.12. The summed E-state index contributed by atoms with van der Waals surface area (Å²) in [7, 11) is -3.59. The first kappa shape index (κ1) is 10.7. The van der Waals surface area contributed by atoms with Crippen molar-refractivity contribution >= 4 is 15.8 Å². The standard InChI is InChI=1S/C8H11N5O2S/c1-2-6-3-8(12-11-6)13-16(14,15)7-4-9-10-5-7/h3-5H,2H2,1H3,(H,9,10)(H2,11,12,13). The minimum absolute atomic E-state index is 0.0774. The number of aryl methyl sites for hydroxylation is 1. The average Bonchev–Trinajstić information content (AvgIpc) is 2.86. The topological polar surface area (TPSA) is 104 Å². The van der Waals surface area contributed by atoms with Gasteiger partial charge in [-0.15, -0.1) is 0 Å². The minimum atomic E-state index is -3.59. The molecule has 7 nitrogen and oxygen atoms in total. The molecule has 2 heterocycles. The zero-order chi connectivity index (χ0) is 11.6. The molecule has 0 amide bonds. The molecule has 0 aromatic carbocycles. The van der Waals surface area contributed by atoms with Crippen molar-refractivity contribution in [2.45, 2.75) is 18.2 Å². The number of hydrogen-bond acceptors (Lipinski definition) is 4. The molecular formula is C8H11N5O2S. The smallest absolute Gasteiger partial charge is 0.266 e. The Morgan fingerprint density at radius 3 is 2.88 bits per heavy atom. The van der Waals surface area contributed by atoms with E-state index in [2.05, 4.69) is 25.1 Å². The van der Waals surface area contributed by atoms with E-state index in [0.29, 0.717) is 0 Å². The van der Waals surface area contributed by atoms with Crippen molar-refractivity contribution in [2.75, 3.05) is 4.72 Å². The van der Waals surface area contributed by atoms with Gasteiger partial charge in [-0.2, -0.15) is 10.2 Å². The van der Waals surface area contributed by atoms with Crippen molar-refractivity contribution in [3.63, 3.8) is 0 Å². The number of sulfonamides is 1. The van der Waals surface area contributed by atoms with E-state index in [9.17, 15) is 8.42 Å². The number of rotatable bonds is 4. The van der Waals surface area contributed by atoms with Crippen molar-refractivity contribution in [1.29, 1.82) is 0 Å². The molecule has 0 unspecified atom stereocenters. The van der Waals surface area contributed by atoms with Gasteiger partial charge >= 0.3 is 0 Å². The zero-order valence-corrected chi connectivity index (χ0v) is 9.37. The van der Waals surface area contributed by atoms with Crippen molar-refractivity contribution in [3.8, 4) is 0 Å². The van der Waals surface area contributed by atoms with Gasteiger partial charge in [-0.25, -0.2) is 8.42 Å². The highest BCUT2D eigenvalue weighted by molar-refractivity contribution is 7.92. The molecule has 3 N–H and O–H groups in total. The van der Waals surface area contributed by atoms with E-state index >= 15 is 0 Å². The summed E-state index contributed by atoms with van der Waals surface area (Å²) in [5, 5.41) is 12.6. The minimum Gasteiger partial charge on any atom is -0.284 e. The second-order valence-corrected chi connectivity index (χ2v) is 4.85. The second kappa shape index (κ2) is 3.97. The van der Waals surface area contributed by atoms with Crippen LogP contribution in [0.25, 0.3) is 0 Å². The zero-order valence-electron chi connectivity index (χ0n) is 8.56. The van der Waals surface area contributed by atoms with Crippen LogP contribution in [0.3, 0.4) is 0 Å². The molecule has 0 bridgehead atoms. The third kappa shape index (κ3) is 2.06. The molecule has 16 heavy (non-hydrogen) atoms. The molecule has 86 valence electrons. The Hall–Kier alpha value is -1.83. The first-order chi connectivity index (χ1) is 7.62. The van der Waals surface area contributed by atoms with Crippen LogP contribution in [-0.4, -0.2) is 28.8 Å². The molecule has 2 rings (SSSR count). The second-order valence-electron chi connectivity index (χ2n) is 3.17. The Bertz CT molecular complexity index is 557. The molecule has 0 spiro atoms. The Labute approximate surface area is 92.3 Å². The van der Waals surface area contributed by atoms with Crippen molar-refractivity contribution in [1.82, 2.24) is 20.4 Å². The summed E-state index contributed by atoms with van der Waals surface area (Å²) in [6.45, 7) is 1.95. The number of nitrogens with one attached hydrogen (secondary N) is 3. The van der Waals surface area contributed by atoms with E-state index < -0.39 is 10.0 Å². The van der Waals surface area contributed by atoms with Crippen molar-refractivity contribution in [2.24, 2.45) is 0 Å². The van der Waals surface area contributed by atoms with Gasteiger partial charge in [-0.05, 0) is 6.42 Å². The predicted molar refractivity (Wildman–Crippen MR) is 57.4 cm³/mol. The summed E-state index contributed by atoms with van der Waals surface area (Å²) in [6.07, 6.45) is 3.30. The van der Waals surface area contributed by atoms with Crippen LogP contribution < -0.4 is 4.72 Å². The largest absolute Gasteiger partial charge is 0.284 e. The molecule has 8 heteroatoms. The maximum Gasteiger partial charge on any atom is 0.266 e. The van der Waals surface area contributed by atoms with Gasteiger partial charge in [0.2, 0.25) is 0 Å². The number of nitrogens with zero attached hydrogens (tertiary/aromatic N) is 2. The van der Waals surface area contributed by atoms with Gasteiger partial charge < -0.3 is 0 Å². The summed E-state index contributed by atoms with van der Waals surface area (Å²) < 4.78 is 25.8. The van der Waals surface area contributed by atoms with Crippen LogP contribution in [-0.2, 0) is 16.4 Å². The van der Waals surface area contributed by atoms with Crippen LogP contribution in [0.15, 0.2) is 23.4 Å². The van der Waals surface area contributed by atoms with E-state index in [-0.39, 0.29) is 10.7 Å². The van der Waals surface area contributed by atoms with Gasteiger partial charge in [-0.3, -0.25) is 14.9 Å². The van der Waals surface area contributed by atoms with Crippen LogP contribution in [0.1, 0.15) is 12.6 Å². The summed E-state index contributed by atoms with van der Waals surface area (Å²) in [5.74, 6) is 0.276. The quantitative estimate of drug-likeness (QED) is 0.724. The van der Waals surface area contributed by atoms with Gasteiger partial charge in [0.1, 0.15) is 4.90 Å². The van der Waals surface area contributed by atoms with Crippen LogP contribution in [0.2, 0.25) is 0 Å². The lowest BCUT2D eigenvalue weighted by atomic mass is 10.3. The lowest BCUT2D eigenvalue weighted by Gasteiger charge is -2.00. The van der Waals surface area contributed by atoms with E-state index in [0.717, 1.165) is 12.1 Å². The molecule has 2 aromatic rings. The van der Waals surface area contributed by atoms with Gasteiger partial charge in [0.25, 0.3) is 10.0 Å². The summed E-state index contributed by atoms with van der Waals surface area (Å²) in [5.41, 5.74) is 0.866. The van der Waals surface area contributed by atoms with Crippen LogP contribution in [0, 0.1) is 0 Å². The summed E-state index contributed by atoms with van der Waals surface area (Å²) in [4.78, 5) is 0.0774. The van der Waals surface area contributed by atoms with Gasteiger partial charge in [0.05, 0.1) is 6.20 Å². The normalized spacial score (nSPS) is 11.6. The predicted octanol–water partition coefficient (Wildman–Crippen LogP) is 0.496. The fraction of sp³-hybridized carbons (Fsp3) is 0.250. The molecule has 0 aliphatic heterocycles. The third-order valence-electron chi connectivity index (χ3n) is 2.03. The maximum absolute atomic E-state index is 11.7.